The predicted molar refractivity (Wildman–Crippen MR) is 62.4 cm³/mol. The van der Waals surface area contributed by atoms with E-state index in [1.54, 1.807) is 0 Å². The van der Waals surface area contributed by atoms with Gasteiger partial charge in [0.1, 0.15) is 6.04 Å². The molecule has 0 unspecified atom stereocenters. The lowest BCUT2D eigenvalue weighted by atomic mass is 10.0. The summed E-state index contributed by atoms with van der Waals surface area (Å²) in [6, 6.07) is -1.27. The molecule has 1 heterocycles. The molecule has 1 amide bonds. The first-order chi connectivity index (χ1) is 6.95. The number of nitrogens with zero attached hydrogens (tertiary/aromatic N) is 1. The van der Waals surface area contributed by atoms with Crippen LogP contribution in [0.15, 0.2) is 0 Å². The fourth-order valence-electron chi connectivity index (χ4n) is 1.76. The molecule has 0 aromatic rings. The highest BCUT2D eigenvalue weighted by Gasteiger charge is 2.36. The zero-order chi connectivity index (χ0) is 11.6. The van der Waals surface area contributed by atoms with Gasteiger partial charge in [-0.25, -0.2) is 4.79 Å². The van der Waals surface area contributed by atoms with Crippen molar-refractivity contribution in [2.24, 2.45) is 11.7 Å². The van der Waals surface area contributed by atoms with Crippen LogP contribution in [-0.2, 0) is 9.59 Å². The van der Waals surface area contributed by atoms with Gasteiger partial charge in [-0.3, -0.25) is 4.79 Å². The molecule has 0 saturated carbocycles. The zero-order valence-electron chi connectivity index (χ0n) is 9.55. The average Bonchev–Trinajstić information content (AvgIpc) is 2.63. The van der Waals surface area contributed by atoms with Gasteiger partial charge in [0.05, 0.1) is 6.04 Å². The molecule has 5 nitrogen and oxygen atoms in total. The molecule has 0 bridgehead atoms. The number of carbonyl (C=O) groups excluding carboxylic acids is 1. The summed E-state index contributed by atoms with van der Waals surface area (Å²) >= 11 is 0. The molecule has 94 valence electrons. The number of likely N-dealkylation sites (tertiary alicyclic amines) is 1. The SMILES string of the molecule is CC(C)[C@H](N)C(=O)N1CCC[C@H]1C(=O)O.Cl. The second-order valence-corrected chi connectivity index (χ2v) is 4.30. The highest BCUT2D eigenvalue weighted by molar-refractivity contribution is 5.87. The van der Waals surface area contributed by atoms with Crippen molar-refractivity contribution in [1.82, 2.24) is 4.90 Å². The monoisotopic (exact) mass is 250 g/mol. The Hall–Kier alpha value is -0.810. The molecule has 0 radical (unpaired) electrons. The predicted octanol–water partition coefficient (Wildman–Crippen LogP) is 0.467. The molecule has 16 heavy (non-hydrogen) atoms. The van der Waals surface area contributed by atoms with Crippen LogP contribution in [0, 0.1) is 5.92 Å². The molecular formula is C10H19ClN2O3. The van der Waals surface area contributed by atoms with E-state index in [-0.39, 0.29) is 24.2 Å². The minimum Gasteiger partial charge on any atom is -0.480 e. The van der Waals surface area contributed by atoms with E-state index in [0.29, 0.717) is 13.0 Å². The Kier molecular flexibility index (Phi) is 5.75. The van der Waals surface area contributed by atoms with E-state index in [9.17, 15) is 9.59 Å². The number of carbonyl (C=O) groups is 2. The molecule has 1 rings (SSSR count). The highest BCUT2D eigenvalue weighted by Crippen LogP contribution is 2.19. The Balaban J connectivity index is 0.00000225. The van der Waals surface area contributed by atoms with E-state index < -0.39 is 18.1 Å². The highest BCUT2D eigenvalue weighted by atomic mass is 35.5. The van der Waals surface area contributed by atoms with Crippen molar-refractivity contribution < 1.29 is 14.7 Å². The number of hydrogen-bond donors (Lipinski definition) is 2. The molecule has 1 aliphatic rings. The normalized spacial score (nSPS) is 21.8. The van der Waals surface area contributed by atoms with Gasteiger partial charge in [-0.1, -0.05) is 13.8 Å². The largest absolute Gasteiger partial charge is 0.480 e. The summed E-state index contributed by atoms with van der Waals surface area (Å²) in [7, 11) is 0. The standard InChI is InChI=1S/C10H18N2O3.ClH/c1-6(2)8(11)9(13)12-5-3-4-7(12)10(14)15;/h6-8H,3-5,11H2,1-2H3,(H,14,15);1H/t7-,8-;/m0./s1. The Labute approximate surface area is 101 Å². The van der Waals surface area contributed by atoms with Gasteiger partial charge in [0.25, 0.3) is 0 Å². The van der Waals surface area contributed by atoms with Gasteiger partial charge in [0, 0.05) is 6.54 Å². The number of rotatable bonds is 3. The van der Waals surface area contributed by atoms with Gasteiger partial charge >= 0.3 is 5.97 Å². The van der Waals surface area contributed by atoms with Gasteiger partial charge in [-0.2, -0.15) is 0 Å². The van der Waals surface area contributed by atoms with Crippen molar-refractivity contribution >= 4 is 24.3 Å². The van der Waals surface area contributed by atoms with Crippen LogP contribution in [0.1, 0.15) is 26.7 Å². The van der Waals surface area contributed by atoms with Gasteiger partial charge in [0.2, 0.25) is 5.91 Å². The number of amides is 1. The van der Waals surface area contributed by atoms with Crippen molar-refractivity contribution in [2.45, 2.75) is 38.8 Å². The maximum atomic E-state index is 11.8. The first-order valence-corrected chi connectivity index (χ1v) is 5.24. The molecule has 1 fully saturated rings. The fourth-order valence-corrected chi connectivity index (χ4v) is 1.76. The van der Waals surface area contributed by atoms with E-state index in [1.165, 1.54) is 4.90 Å². The lowest BCUT2D eigenvalue weighted by Crippen LogP contribution is -2.50. The molecule has 0 spiro atoms. The van der Waals surface area contributed by atoms with Crippen LogP contribution in [0.3, 0.4) is 0 Å². The smallest absolute Gasteiger partial charge is 0.326 e. The first kappa shape index (κ1) is 15.2. The molecule has 0 aromatic heterocycles. The maximum Gasteiger partial charge on any atom is 0.326 e. The lowest BCUT2D eigenvalue weighted by molar-refractivity contribution is -0.149. The number of carboxylic acids is 1. The Morgan fingerprint density at radius 2 is 2.00 bits per heavy atom. The summed E-state index contributed by atoms with van der Waals surface area (Å²) in [5, 5.41) is 8.92. The van der Waals surface area contributed by atoms with Crippen LogP contribution in [0.5, 0.6) is 0 Å². The number of halogens is 1. The third kappa shape index (κ3) is 3.09. The summed E-state index contributed by atoms with van der Waals surface area (Å²) < 4.78 is 0. The topological polar surface area (TPSA) is 83.6 Å². The summed E-state index contributed by atoms with van der Waals surface area (Å²) in [4.78, 5) is 24.1. The third-order valence-electron chi connectivity index (χ3n) is 2.82. The van der Waals surface area contributed by atoms with Crippen molar-refractivity contribution in [1.29, 1.82) is 0 Å². The van der Waals surface area contributed by atoms with Crippen LogP contribution in [0.25, 0.3) is 0 Å². The Morgan fingerprint density at radius 1 is 1.44 bits per heavy atom. The minimum absolute atomic E-state index is 0. The van der Waals surface area contributed by atoms with Gasteiger partial charge in [0.15, 0.2) is 0 Å². The fraction of sp³-hybridized carbons (Fsp3) is 0.800. The van der Waals surface area contributed by atoms with Crippen LogP contribution in [0.2, 0.25) is 0 Å². The molecule has 6 heteroatoms. The van der Waals surface area contributed by atoms with E-state index in [1.807, 2.05) is 13.8 Å². The second-order valence-electron chi connectivity index (χ2n) is 4.30. The van der Waals surface area contributed by atoms with Crippen LogP contribution in [0.4, 0.5) is 0 Å². The minimum atomic E-state index is -0.934. The van der Waals surface area contributed by atoms with E-state index in [4.69, 9.17) is 10.8 Å². The molecule has 1 aliphatic heterocycles. The third-order valence-corrected chi connectivity index (χ3v) is 2.82. The molecule has 2 atom stereocenters. The Bertz CT molecular complexity index is 271. The average molecular weight is 251 g/mol. The van der Waals surface area contributed by atoms with E-state index in [2.05, 4.69) is 0 Å². The maximum absolute atomic E-state index is 11.8. The number of carboxylic acid groups (broad SMARTS) is 1. The zero-order valence-corrected chi connectivity index (χ0v) is 10.4. The van der Waals surface area contributed by atoms with Gasteiger partial charge < -0.3 is 15.7 Å². The molecule has 0 aliphatic carbocycles. The second kappa shape index (κ2) is 6.06. The van der Waals surface area contributed by atoms with Crippen molar-refractivity contribution in [3.05, 3.63) is 0 Å². The van der Waals surface area contributed by atoms with Crippen molar-refractivity contribution in [2.75, 3.05) is 6.54 Å². The van der Waals surface area contributed by atoms with E-state index >= 15 is 0 Å². The number of nitrogens with two attached hydrogens (primary N) is 1. The summed E-state index contributed by atoms with van der Waals surface area (Å²) in [6.45, 7) is 4.22. The van der Waals surface area contributed by atoms with Crippen LogP contribution < -0.4 is 5.73 Å². The molecule has 3 N–H and O–H groups in total. The quantitative estimate of drug-likeness (QED) is 0.763. The molecular weight excluding hydrogens is 232 g/mol. The first-order valence-electron chi connectivity index (χ1n) is 5.24. The summed E-state index contributed by atoms with van der Waals surface area (Å²) in [6.07, 6.45) is 1.28. The number of hydrogen-bond acceptors (Lipinski definition) is 3. The van der Waals surface area contributed by atoms with Crippen LogP contribution in [-0.4, -0.2) is 40.5 Å². The molecule has 0 aromatic carbocycles. The number of aliphatic carboxylic acids is 1. The van der Waals surface area contributed by atoms with E-state index in [0.717, 1.165) is 6.42 Å². The van der Waals surface area contributed by atoms with Crippen molar-refractivity contribution in [3.63, 3.8) is 0 Å². The summed E-state index contributed by atoms with van der Waals surface area (Å²) in [5.74, 6) is -1.14. The lowest BCUT2D eigenvalue weighted by Gasteiger charge is -2.26. The molecule has 1 saturated heterocycles. The van der Waals surface area contributed by atoms with Gasteiger partial charge in [-0.05, 0) is 18.8 Å². The van der Waals surface area contributed by atoms with Crippen LogP contribution >= 0.6 is 12.4 Å². The Morgan fingerprint density at radius 3 is 2.44 bits per heavy atom. The summed E-state index contributed by atoms with van der Waals surface area (Å²) in [5.41, 5.74) is 5.72. The van der Waals surface area contributed by atoms with Crippen molar-refractivity contribution in [3.8, 4) is 0 Å². The van der Waals surface area contributed by atoms with Gasteiger partial charge in [-0.15, -0.1) is 12.4 Å².